The molecule has 0 fully saturated rings. The number of hydrogen-bond acceptors (Lipinski definition) is 1. The molecule has 1 heterocycles. The molecule has 1 N–H and O–H groups in total. The summed E-state index contributed by atoms with van der Waals surface area (Å²) >= 11 is 0. The quantitative estimate of drug-likeness (QED) is 0.867. The van der Waals surface area contributed by atoms with Gasteiger partial charge in [0.25, 0.3) is 0 Å². The number of carboxylic acids is 1. The van der Waals surface area contributed by atoms with Gasteiger partial charge in [-0.3, -0.25) is 0 Å². The first kappa shape index (κ1) is 14.1. The molecule has 0 bridgehead atoms. The Labute approximate surface area is 117 Å². The lowest BCUT2D eigenvalue weighted by atomic mass is 10.2. The Morgan fingerprint density at radius 1 is 1.25 bits per heavy atom. The van der Waals surface area contributed by atoms with Crippen molar-refractivity contribution in [2.45, 2.75) is 20.8 Å². The Morgan fingerprint density at radius 2 is 1.95 bits per heavy atom. The molecule has 104 valence electrons. The maximum absolute atomic E-state index is 14.1. The van der Waals surface area contributed by atoms with Gasteiger partial charge in [-0.15, -0.1) is 0 Å². The summed E-state index contributed by atoms with van der Waals surface area (Å²) in [6.45, 7) is 5.54. The molecule has 0 atom stereocenters. The fraction of sp³-hybridized carbons (Fsp3) is 0.188. The molecule has 0 spiro atoms. The first-order valence-corrected chi connectivity index (χ1v) is 6.26. The molecular weight excluding hydrogens is 257 g/mol. The second-order valence-corrected chi connectivity index (χ2v) is 4.79. The Bertz CT molecular complexity index is 699. The van der Waals surface area contributed by atoms with Gasteiger partial charge in [0, 0.05) is 17.5 Å². The van der Waals surface area contributed by atoms with E-state index >= 15 is 0 Å². The third-order valence-electron chi connectivity index (χ3n) is 3.22. The smallest absolute Gasteiger partial charge is 0.328 e. The number of aryl methyl sites for hydroxylation is 2. The molecule has 0 unspecified atom stereocenters. The van der Waals surface area contributed by atoms with Crippen molar-refractivity contribution in [2.75, 3.05) is 0 Å². The largest absolute Gasteiger partial charge is 0.478 e. The monoisotopic (exact) mass is 273 g/mol. The predicted octanol–water partition coefficient (Wildman–Crippen LogP) is 3.64. The van der Waals surface area contributed by atoms with Crippen molar-refractivity contribution < 1.29 is 14.3 Å². The summed E-state index contributed by atoms with van der Waals surface area (Å²) < 4.78 is 15.9. The van der Waals surface area contributed by atoms with Crippen LogP contribution in [0.1, 0.15) is 22.5 Å². The van der Waals surface area contributed by atoms with Crippen LogP contribution in [-0.4, -0.2) is 15.6 Å². The maximum Gasteiger partial charge on any atom is 0.328 e. The molecule has 4 heteroatoms. The highest BCUT2D eigenvalue weighted by Gasteiger charge is 2.12. The van der Waals surface area contributed by atoms with Crippen molar-refractivity contribution >= 4 is 12.0 Å². The lowest BCUT2D eigenvalue weighted by Gasteiger charge is -2.11. The number of benzene rings is 1. The average Bonchev–Trinajstić information content (AvgIpc) is 2.63. The normalized spacial score (nSPS) is 11.2. The minimum absolute atomic E-state index is 0.291. The second kappa shape index (κ2) is 5.33. The van der Waals surface area contributed by atoms with Crippen LogP contribution in [0.2, 0.25) is 0 Å². The van der Waals surface area contributed by atoms with Crippen LogP contribution in [0.5, 0.6) is 0 Å². The summed E-state index contributed by atoms with van der Waals surface area (Å²) in [4.78, 5) is 10.6. The van der Waals surface area contributed by atoms with Gasteiger partial charge in [-0.2, -0.15) is 0 Å². The van der Waals surface area contributed by atoms with Gasteiger partial charge in [0.1, 0.15) is 5.82 Å². The molecule has 2 aromatic rings. The minimum atomic E-state index is -1.00. The molecular formula is C16H16FNO2. The Hall–Kier alpha value is -2.36. The zero-order valence-electron chi connectivity index (χ0n) is 11.6. The van der Waals surface area contributed by atoms with E-state index < -0.39 is 5.97 Å². The molecule has 0 amide bonds. The van der Waals surface area contributed by atoms with E-state index in [9.17, 15) is 9.18 Å². The van der Waals surface area contributed by atoms with E-state index in [0.717, 1.165) is 28.6 Å². The molecule has 0 saturated heterocycles. The van der Waals surface area contributed by atoms with E-state index in [4.69, 9.17) is 5.11 Å². The fourth-order valence-corrected chi connectivity index (χ4v) is 2.28. The topological polar surface area (TPSA) is 42.2 Å². The fourth-order valence-electron chi connectivity index (χ4n) is 2.28. The second-order valence-electron chi connectivity index (χ2n) is 4.79. The summed E-state index contributed by atoms with van der Waals surface area (Å²) in [5, 5.41) is 8.68. The number of aliphatic carboxylic acids is 1. The molecule has 20 heavy (non-hydrogen) atoms. The van der Waals surface area contributed by atoms with E-state index in [-0.39, 0.29) is 5.82 Å². The SMILES string of the molecule is Cc1ccc(-n2c(C)cc(/C=C/C(=O)O)c2C)c(F)c1. The van der Waals surface area contributed by atoms with Crippen LogP contribution in [0.25, 0.3) is 11.8 Å². The summed E-state index contributed by atoms with van der Waals surface area (Å²) in [7, 11) is 0. The molecule has 0 radical (unpaired) electrons. The van der Waals surface area contributed by atoms with Gasteiger partial charge in [0.05, 0.1) is 5.69 Å². The number of nitrogens with zero attached hydrogens (tertiary/aromatic N) is 1. The average molecular weight is 273 g/mol. The third-order valence-corrected chi connectivity index (χ3v) is 3.22. The summed E-state index contributed by atoms with van der Waals surface area (Å²) in [6.07, 6.45) is 2.60. The third kappa shape index (κ3) is 2.64. The van der Waals surface area contributed by atoms with Gasteiger partial charge < -0.3 is 9.67 Å². The van der Waals surface area contributed by atoms with E-state index in [1.807, 2.05) is 32.9 Å². The maximum atomic E-state index is 14.1. The van der Waals surface area contributed by atoms with Crippen LogP contribution < -0.4 is 0 Å². The van der Waals surface area contributed by atoms with Gasteiger partial charge in [0.2, 0.25) is 0 Å². The molecule has 1 aromatic heterocycles. The molecule has 0 aliphatic heterocycles. The number of carboxylic acid groups (broad SMARTS) is 1. The number of rotatable bonds is 3. The summed E-state index contributed by atoms with van der Waals surface area (Å²) in [5.74, 6) is -1.29. The van der Waals surface area contributed by atoms with Crippen LogP contribution >= 0.6 is 0 Å². The molecule has 0 aliphatic rings. The van der Waals surface area contributed by atoms with Gasteiger partial charge in [-0.05, 0) is 56.2 Å². The minimum Gasteiger partial charge on any atom is -0.478 e. The Kier molecular flexibility index (Phi) is 3.74. The first-order chi connectivity index (χ1) is 9.40. The lowest BCUT2D eigenvalue weighted by molar-refractivity contribution is -0.131. The van der Waals surface area contributed by atoms with Crippen LogP contribution in [-0.2, 0) is 4.79 Å². The van der Waals surface area contributed by atoms with E-state index in [1.165, 1.54) is 12.1 Å². The van der Waals surface area contributed by atoms with Crippen molar-refractivity contribution in [1.82, 2.24) is 4.57 Å². The van der Waals surface area contributed by atoms with Crippen molar-refractivity contribution in [2.24, 2.45) is 0 Å². The zero-order chi connectivity index (χ0) is 14.9. The van der Waals surface area contributed by atoms with Gasteiger partial charge >= 0.3 is 5.97 Å². The molecule has 2 rings (SSSR count). The van der Waals surface area contributed by atoms with Gasteiger partial charge in [0.15, 0.2) is 0 Å². The molecule has 1 aromatic carbocycles. The van der Waals surface area contributed by atoms with E-state index in [2.05, 4.69) is 0 Å². The van der Waals surface area contributed by atoms with Gasteiger partial charge in [-0.25, -0.2) is 9.18 Å². The van der Waals surface area contributed by atoms with Gasteiger partial charge in [-0.1, -0.05) is 6.07 Å². The van der Waals surface area contributed by atoms with Crippen molar-refractivity contribution in [3.8, 4) is 5.69 Å². The highest BCUT2D eigenvalue weighted by atomic mass is 19.1. The zero-order valence-corrected chi connectivity index (χ0v) is 11.6. The lowest BCUT2D eigenvalue weighted by Crippen LogP contribution is -2.02. The van der Waals surface area contributed by atoms with Crippen molar-refractivity contribution in [1.29, 1.82) is 0 Å². The highest BCUT2D eigenvalue weighted by molar-refractivity contribution is 5.85. The molecule has 0 aliphatic carbocycles. The molecule has 3 nitrogen and oxygen atoms in total. The molecule has 0 saturated carbocycles. The summed E-state index contributed by atoms with van der Waals surface area (Å²) in [5.41, 5.74) is 3.77. The van der Waals surface area contributed by atoms with E-state index in [0.29, 0.717) is 5.69 Å². The van der Waals surface area contributed by atoms with Crippen LogP contribution in [0, 0.1) is 26.6 Å². The van der Waals surface area contributed by atoms with E-state index in [1.54, 1.807) is 10.6 Å². The first-order valence-electron chi connectivity index (χ1n) is 6.26. The number of halogens is 1. The highest BCUT2D eigenvalue weighted by Crippen LogP contribution is 2.24. The Balaban J connectivity index is 2.55. The van der Waals surface area contributed by atoms with Crippen molar-refractivity contribution in [3.63, 3.8) is 0 Å². The Morgan fingerprint density at radius 3 is 2.55 bits per heavy atom. The number of hydrogen-bond donors (Lipinski definition) is 1. The number of carbonyl (C=O) groups is 1. The van der Waals surface area contributed by atoms with Crippen LogP contribution in [0.4, 0.5) is 4.39 Å². The van der Waals surface area contributed by atoms with Crippen LogP contribution in [0.3, 0.4) is 0 Å². The van der Waals surface area contributed by atoms with Crippen LogP contribution in [0.15, 0.2) is 30.3 Å². The predicted molar refractivity (Wildman–Crippen MR) is 76.6 cm³/mol. The standard InChI is InChI=1S/C16H16FNO2/c1-10-4-6-15(14(17)8-10)18-11(2)9-13(12(18)3)5-7-16(19)20/h4-9H,1-3H3,(H,19,20)/b7-5+. The summed E-state index contributed by atoms with van der Waals surface area (Å²) in [6, 6.07) is 6.91. The number of aromatic nitrogens is 1. The van der Waals surface area contributed by atoms with Crippen molar-refractivity contribution in [3.05, 3.63) is 58.7 Å².